The van der Waals surface area contributed by atoms with Crippen LogP contribution in [-0.2, 0) is 0 Å². The molecule has 1 N–H and O–H groups in total. The summed E-state index contributed by atoms with van der Waals surface area (Å²) in [5, 5.41) is 1.51. The van der Waals surface area contributed by atoms with E-state index < -0.39 is 34.7 Å². The number of piperazine rings is 1. The summed E-state index contributed by atoms with van der Waals surface area (Å²) in [7, 11) is 1.91. The molecule has 8 heteroatoms. The van der Waals surface area contributed by atoms with Crippen molar-refractivity contribution in [2.45, 2.75) is 0 Å². The first-order valence-corrected chi connectivity index (χ1v) is 5.97. The topological polar surface area (TPSA) is 35.6 Å². The average Bonchev–Trinajstić information content (AvgIpc) is 2.43. The fraction of sp³-hybridized carbons (Fsp3) is 0.417. The van der Waals surface area contributed by atoms with Crippen molar-refractivity contribution in [1.29, 1.82) is 0 Å². The number of nitrogens with one attached hydrogen (secondary N) is 1. The van der Waals surface area contributed by atoms with Crippen LogP contribution in [0.3, 0.4) is 0 Å². The lowest BCUT2D eigenvalue weighted by molar-refractivity contribution is 0.0657. The molecule has 0 aromatic heterocycles. The molecule has 0 bridgehead atoms. The maximum atomic E-state index is 13.4. The van der Waals surface area contributed by atoms with Gasteiger partial charge in [0.25, 0.3) is 5.91 Å². The largest absolute Gasteiger partial charge is 0.304 e. The average molecular weight is 291 g/mol. The third-order valence-corrected chi connectivity index (χ3v) is 3.11. The molecule has 4 nitrogen and oxygen atoms in total. The van der Waals surface area contributed by atoms with Gasteiger partial charge < -0.3 is 4.90 Å². The molecule has 1 aromatic rings. The zero-order valence-electron chi connectivity index (χ0n) is 10.7. The van der Waals surface area contributed by atoms with Gasteiger partial charge in [0.2, 0.25) is 0 Å². The molecular formula is C12H13F4N3O. The zero-order chi connectivity index (χ0) is 14.9. The van der Waals surface area contributed by atoms with Gasteiger partial charge in [-0.05, 0) is 13.1 Å². The Bertz CT molecular complexity index is 530. The van der Waals surface area contributed by atoms with Crippen molar-refractivity contribution in [1.82, 2.24) is 15.3 Å². The molecule has 1 aliphatic rings. The minimum atomic E-state index is -1.99. The molecule has 0 radical (unpaired) electrons. The van der Waals surface area contributed by atoms with Gasteiger partial charge in [-0.1, -0.05) is 0 Å². The second-order valence-electron chi connectivity index (χ2n) is 4.58. The van der Waals surface area contributed by atoms with Crippen molar-refractivity contribution < 1.29 is 22.4 Å². The number of rotatable bonds is 2. The number of benzene rings is 1. The zero-order valence-corrected chi connectivity index (χ0v) is 10.7. The minimum absolute atomic E-state index is 0.346. The quantitative estimate of drug-likeness (QED) is 0.504. The Hall–Kier alpha value is -1.67. The Labute approximate surface area is 112 Å². The van der Waals surface area contributed by atoms with Crippen LogP contribution in [0.1, 0.15) is 10.4 Å². The number of carbonyl (C=O) groups is 1. The molecule has 110 valence electrons. The highest BCUT2D eigenvalue weighted by molar-refractivity contribution is 5.94. The van der Waals surface area contributed by atoms with Gasteiger partial charge in [0.15, 0.2) is 23.3 Å². The number of likely N-dealkylation sites (N-methyl/N-ethyl adjacent to an activating group) is 1. The standard InChI is InChI=1S/C12H13F4N3O/c1-18-2-4-19(5-3-18)17-12(20)7-6-8(13)10(15)11(16)9(7)14/h6H,2-5H2,1H3,(H,17,20). The fourth-order valence-electron chi connectivity index (χ4n) is 1.86. The lowest BCUT2D eigenvalue weighted by Gasteiger charge is -2.32. The van der Waals surface area contributed by atoms with Gasteiger partial charge in [-0.3, -0.25) is 10.2 Å². The van der Waals surface area contributed by atoms with E-state index in [1.165, 1.54) is 5.01 Å². The van der Waals surface area contributed by atoms with Gasteiger partial charge in [-0.15, -0.1) is 0 Å². The molecule has 1 fully saturated rings. The second kappa shape index (κ2) is 5.76. The normalized spacial score (nSPS) is 17.2. The molecular weight excluding hydrogens is 278 g/mol. The van der Waals surface area contributed by atoms with Crippen molar-refractivity contribution in [2.24, 2.45) is 0 Å². The predicted molar refractivity (Wildman–Crippen MR) is 62.8 cm³/mol. The molecule has 1 heterocycles. The van der Waals surface area contributed by atoms with Crippen LogP contribution < -0.4 is 5.43 Å². The summed E-state index contributed by atoms with van der Waals surface area (Å²) in [5.74, 6) is -8.24. The molecule has 1 saturated heterocycles. The summed E-state index contributed by atoms with van der Waals surface area (Å²) in [6, 6.07) is 0.346. The maximum absolute atomic E-state index is 13.4. The predicted octanol–water partition coefficient (Wildman–Crippen LogP) is 1.14. The molecule has 20 heavy (non-hydrogen) atoms. The minimum Gasteiger partial charge on any atom is -0.304 e. The number of hydrazine groups is 1. The van der Waals surface area contributed by atoms with Crippen LogP contribution in [0.15, 0.2) is 6.07 Å². The number of nitrogens with zero attached hydrogens (tertiary/aromatic N) is 2. The van der Waals surface area contributed by atoms with E-state index in [4.69, 9.17) is 0 Å². The summed E-state index contributed by atoms with van der Waals surface area (Å²) < 4.78 is 52.3. The summed E-state index contributed by atoms with van der Waals surface area (Å²) in [5.41, 5.74) is 1.48. The highest BCUT2D eigenvalue weighted by atomic mass is 19.2. The Morgan fingerprint density at radius 3 is 2.25 bits per heavy atom. The van der Waals surface area contributed by atoms with E-state index >= 15 is 0 Å². The monoisotopic (exact) mass is 291 g/mol. The van der Waals surface area contributed by atoms with E-state index in [2.05, 4.69) is 5.43 Å². The fourth-order valence-corrected chi connectivity index (χ4v) is 1.86. The van der Waals surface area contributed by atoms with Crippen molar-refractivity contribution in [3.8, 4) is 0 Å². The molecule has 0 atom stereocenters. The molecule has 1 aromatic carbocycles. The van der Waals surface area contributed by atoms with Gasteiger partial charge in [-0.25, -0.2) is 22.6 Å². The second-order valence-corrected chi connectivity index (χ2v) is 4.58. The van der Waals surface area contributed by atoms with Crippen LogP contribution in [0.2, 0.25) is 0 Å². The summed E-state index contributed by atoms with van der Waals surface area (Å²) in [6.45, 7) is 2.37. The highest BCUT2D eigenvalue weighted by Gasteiger charge is 2.24. The Morgan fingerprint density at radius 1 is 1.05 bits per heavy atom. The first kappa shape index (κ1) is 14.7. The van der Waals surface area contributed by atoms with Crippen LogP contribution in [-0.4, -0.2) is 49.0 Å². The third kappa shape index (κ3) is 2.91. The molecule has 0 unspecified atom stereocenters. The van der Waals surface area contributed by atoms with Crippen molar-refractivity contribution >= 4 is 5.91 Å². The van der Waals surface area contributed by atoms with E-state index in [-0.39, 0.29) is 0 Å². The van der Waals surface area contributed by atoms with Crippen molar-refractivity contribution in [3.05, 3.63) is 34.9 Å². The van der Waals surface area contributed by atoms with Gasteiger partial charge in [0, 0.05) is 26.2 Å². The van der Waals surface area contributed by atoms with E-state index in [0.717, 1.165) is 0 Å². The molecule has 0 saturated carbocycles. The van der Waals surface area contributed by atoms with Gasteiger partial charge >= 0.3 is 0 Å². The summed E-state index contributed by atoms with van der Waals surface area (Å²) >= 11 is 0. The van der Waals surface area contributed by atoms with E-state index in [1.807, 2.05) is 11.9 Å². The molecule has 1 amide bonds. The summed E-state index contributed by atoms with van der Waals surface area (Å²) in [6.07, 6.45) is 0. The van der Waals surface area contributed by atoms with E-state index in [0.29, 0.717) is 32.2 Å². The van der Waals surface area contributed by atoms with E-state index in [9.17, 15) is 22.4 Å². The molecule has 1 aliphatic heterocycles. The number of hydrogen-bond donors (Lipinski definition) is 1. The SMILES string of the molecule is CN1CCN(NC(=O)c2cc(F)c(F)c(F)c2F)CC1. The number of amides is 1. The molecule has 0 spiro atoms. The van der Waals surface area contributed by atoms with Crippen LogP contribution >= 0.6 is 0 Å². The first-order chi connectivity index (χ1) is 9.40. The first-order valence-electron chi connectivity index (χ1n) is 5.97. The lowest BCUT2D eigenvalue weighted by atomic mass is 10.2. The third-order valence-electron chi connectivity index (χ3n) is 3.11. The van der Waals surface area contributed by atoms with Gasteiger partial charge in [0.1, 0.15) is 0 Å². The van der Waals surface area contributed by atoms with Crippen molar-refractivity contribution in [3.63, 3.8) is 0 Å². The smallest absolute Gasteiger partial charge is 0.268 e. The Kier molecular flexibility index (Phi) is 4.24. The van der Waals surface area contributed by atoms with Crippen LogP contribution in [0.25, 0.3) is 0 Å². The van der Waals surface area contributed by atoms with Gasteiger partial charge in [-0.2, -0.15) is 0 Å². The number of carbonyl (C=O) groups excluding carboxylic acids is 1. The maximum Gasteiger partial charge on any atom is 0.268 e. The highest BCUT2D eigenvalue weighted by Crippen LogP contribution is 2.18. The number of hydrogen-bond acceptors (Lipinski definition) is 3. The number of halogens is 4. The Morgan fingerprint density at radius 2 is 1.65 bits per heavy atom. The van der Waals surface area contributed by atoms with Gasteiger partial charge in [0.05, 0.1) is 5.56 Å². The van der Waals surface area contributed by atoms with E-state index in [1.54, 1.807) is 0 Å². The lowest BCUT2D eigenvalue weighted by Crippen LogP contribution is -2.52. The van der Waals surface area contributed by atoms with Crippen LogP contribution in [0, 0.1) is 23.3 Å². The summed E-state index contributed by atoms with van der Waals surface area (Å²) in [4.78, 5) is 13.8. The van der Waals surface area contributed by atoms with Crippen molar-refractivity contribution in [2.75, 3.05) is 33.2 Å². The van der Waals surface area contributed by atoms with Crippen LogP contribution in [0.5, 0.6) is 0 Å². The molecule has 2 rings (SSSR count). The molecule has 0 aliphatic carbocycles. The Balaban J connectivity index is 2.14. The van der Waals surface area contributed by atoms with Crippen LogP contribution in [0.4, 0.5) is 17.6 Å².